The summed E-state index contributed by atoms with van der Waals surface area (Å²) in [6.45, 7) is 6.60. The molecule has 2 atom stereocenters. The minimum Gasteiger partial charge on any atom is -0.508 e. The number of phenols is 2. The quantitative estimate of drug-likeness (QED) is 0.423. The maximum Gasteiger partial charge on any atom is 0.115 e. The highest BCUT2D eigenvalue weighted by Gasteiger charge is 2.37. The molecule has 3 N–H and O–H groups in total. The Morgan fingerprint density at radius 1 is 0.625 bits per heavy atom. The van der Waals surface area contributed by atoms with E-state index in [1.54, 1.807) is 30.3 Å². The van der Waals surface area contributed by atoms with E-state index in [0.29, 0.717) is 5.76 Å². The largest absolute Gasteiger partial charge is 0.508 e. The molecule has 3 aromatic carbocycles. The summed E-state index contributed by atoms with van der Waals surface area (Å²) in [6, 6.07) is 23.6. The fraction of sp³-hybridized carbons (Fsp3) is 0.241. The number of phenolic OH excluding ortho intramolecular Hbond substituents is 2. The number of rotatable bonds is 5. The smallest absolute Gasteiger partial charge is 0.115 e. The van der Waals surface area contributed by atoms with Crippen molar-refractivity contribution in [2.75, 3.05) is 0 Å². The average Bonchev–Trinajstić information content (AvgIpc) is 2.80. The molecule has 1 aliphatic carbocycles. The molecule has 0 aromatic heterocycles. The Kier molecular flexibility index (Phi) is 5.60. The first-order valence-corrected chi connectivity index (χ1v) is 11.0. The van der Waals surface area contributed by atoms with E-state index in [-0.39, 0.29) is 28.2 Å². The molecule has 3 aromatic rings. The molecule has 0 aliphatic heterocycles. The van der Waals surface area contributed by atoms with Crippen molar-refractivity contribution in [2.45, 2.75) is 38.0 Å². The molecule has 0 saturated heterocycles. The van der Waals surface area contributed by atoms with Crippen LogP contribution in [0.15, 0.2) is 96.8 Å². The molecule has 3 heteroatoms. The van der Waals surface area contributed by atoms with Crippen LogP contribution < -0.4 is 0 Å². The van der Waals surface area contributed by atoms with Gasteiger partial charge >= 0.3 is 0 Å². The Morgan fingerprint density at radius 2 is 1.03 bits per heavy atom. The van der Waals surface area contributed by atoms with E-state index in [9.17, 15) is 15.3 Å². The van der Waals surface area contributed by atoms with Gasteiger partial charge in [0.25, 0.3) is 0 Å². The molecule has 0 bridgehead atoms. The van der Waals surface area contributed by atoms with Gasteiger partial charge in [-0.3, -0.25) is 0 Å². The summed E-state index contributed by atoms with van der Waals surface area (Å²) >= 11 is 0. The summed E-state index contributed by atoms with van der Waals surface area (Å²) in [7, 11) is 0. The zero-order valence-corrected chi connectivity index (χ0v) is 18.8. The first-order chi connectivity index (χ1) is 15.2. The van der Waals surface area contributed by atoms with Crippen molar-refractivity contribution in [3.8, 4) is 11.5 Å². The molecular weight excluding hydrogens is 396 g/mol. The molecule has 32 heavy (non-hydrogen) atoms. The fourth-order valence-corrected chi connectivity index (χ4v) is 4.72. The molecule has 0 saturated carbocycles. The number of aromatic hydroxyl groups is 2. The standard InChI is InChI=1S/C29H30O3/c1-28(2,21-8-14-25(30)15-9-21)20-4-6-22(7-5-20)29(3,23-10-16-26(31)17-11-23)24-12-18-27(32)19-13-24/h4-12,14-19,24,30-32H,13H2,1-3H3. The second-order valence-electron chi connectivity index (χ2n) is 9.33. The van der Waals surface area contributed by atoms with Crippen molar-refractivity contribution in [1.29, 1.82) is 0 Å². The normalized spacial score (nSPS) is 18.1. The van der Waals surface area contributed by atoms with Gasteiger partial charge in [-0.05, 0) is 71.0 Å². The summed E-state index contributed by atoms with van der Waals surface area (Å²) < 4.78 is 0. The monoisotopic (exact) mass is 426 g/mol. The van der Waals surface area contributed by atoms with Gasteiger partial charge in [0.15, 0.2) is 0 Å². The van der Waals surface area contributed by atoms with E-state index < -0.39 is 0 Å². The fourth-order valence-electron chi connectivity index (χ4n) is 4.72. The van der Waals surface area contributed by atoms with E-state index in [4.69, 9.17) is 0 Å². The first-order valence-electron chi connectivity index (χ1n) is 11.0. The lowest BCUT2D eigenvalue weighted by atomic mass is 9.65. The van der Waals surface area contributed by atoms with Crippen LogP contribution in [0, 0.1) is 5.92 Å². The van der Waals surface area contributed by atoms with Gasteiger partial charge < -0.3 is 15.3 Å². The summed E-state index contributed by atoms with van der Waals surface area (Å²) in [5.41, 5.74) is 4.09. The van der Waals surface area contributed by atoms with Crippen molar-refractivity contribution in [1.82, 2.24) is 0 Å². The van der Waals surface area contributed by atoms with Gasteiger partial charge in [-0.25, -0.2) is 0 Å². The van der Waals surface area contributed by atoms with Crippen molar-refractivity contribution in [3.05, 3.63) is 119 Å². The van der Waals surface area contributed by atoms with Gasteiger partial charge in [-0.15, -0.1) is 0 Å². The van der Waals surface area contributed by atoms with E-state index in [2.05, 4.69) is 51.1 Å². The van der Waals surface area contributed by atoms with Crippen LogP contribution in [0.1, 0.15) is 49.4 Å². The van der Waals surface area contributed by atoms with Crippen LogP contribution in [0.25, 0.3) is 0 Å². The van der Waals surface area contributed by atoms with E-state index >= 15 is 0 Å². The van der Waals surface area contributed by atoms with Crippen LogP contribution in [-0.2, 0) is 10.8 Å². The lowest BCUT2D eigenvalue weighted by Gasteiger charge is -2.38. The second kappa shape index (κ2) is 8.23. The number of benzene rings is 3. The minimum atomic E-state index is -0.331. The Hall–Kier alpha value is -3.46. The number of allylic oxidation sites excluding steroid dienone is 3. The third kappa shape index (κ3) is 3.91. The molecule has 1 aliphatic rings. The van der Waals surface area contributed by atoms with Gasteiger partial charge in [-0.2, -0.15) is 0 Å². The highest BCUT2D eigenvalue weighted by atomic mass is 16.3. The van der Waals surface area contributed by atoms with E-state index in [1.165, 1.54) is 11.1 Å². The lowest BCUT2D eigenvalue weighted by molar-refractivity contribution is 0.383. The molecule has 0 heterocycles. The van der Waals surface area contributed by atoms with E-state index in [1.807, 2.05) is 30.3 Å². The summed E-state index contributed by atoms with van der Waals surface area (Å²) in [4.78, 5) is 0. The predicted octanol–water partition coefficient (Wildman–Crippen LogP) is 6.75. The van der Waals surface area contributed by atoms with E-state index in [0.717, 1.165) is 17.5 Å². The summed E-state index contributed by atoms with van der Waals surface area (Å²) in [5, 5.41) is 29.3. The average molecular weight is 427 g/mol. The third-order valence-electron chi connectivity index (χ3n) is 7.08. The molecule has 0 spiro atoms. The van der Waals surface area contributed by atoms with Crippen LogP contribution in [-0.4, -0.2) is 15.3 Å². The van der Waals surface area contributed by atoms with Crippen LogP contribution in [0.2, 0.25) is 0 Å². The first kappa shape index (κ1) is 21.8. The maximum atomic E-state index is 9.85. The molecule has 3 nitrogen and oxygen atoms in total. The summed E-state index contributed by atoms with van der Waals surface area (Å²) in [6.07, 6.45) is 6.46. The maximum absolute atomic E-state index is 9.85. The zero-order valence-electron chi connectivity index (χ0n) is 18.8. The molecule has 164 valence electrons. The number of hydrogen-bond donors (Lipinski definition) is 3. The van der Waals surface area contributed by atoms with Crippen molar-refractivity contribution >= 4 is 0 Å². The summed E-state index contributed by atoms with van der Waals surface area (Å²) in [5.74, 6) is 0.989. The molecule has 2 unspecified atom stereocenters. The minimum absolute atomic E-state index is 0.166. The Labute approximate surface area is 190 Å². The Balaban J connectivity index is 1.74. The van der Waals surface area contributed by atoms with Crippen molar-refractivity contribution in [3.63, 3.8) is 0 Å². The highest BCUT2D eigenvalue weighted by molar-refractivity contribution is 5.47. The van der Waals surface area contributed by atoms with Gasteiger partial charge in [0.1, 0.15) is 17.3 Å². The van der Waals surface area contributed by atoms with Crippen molar-refractivity contribution < 1.29 is 15.3 Å². The zero-order chi connectivity index (χ0) is 22.9. The van der Waals surface area contributed by atoms with Gasteiger partial charge in [0, 0.05) is 10.8 Å². The van der Waals surface area contributed by atoms with Gasteiger partial charge in [0.2, 0.25) is 0 Å². The number of aliphatic hydroxyl groups is 1. The molecule has 0 fully saturated rings. The topological polar surface area (TPSA) is 60.7 Å². The predicted molar refractivity (Wildman–Crippen MR) is 129 cm³/mol. The Bertz CT molecular complexity index is 1140. The third-order valence-corrected chi connectivity index (χ3v) is 7.08. The van der Waals surface area contributed by atoms with Gasteiger partial charge in [-0.1, -0.05) is 75.4 Å². The van der Waals surface area contributed by atoms with Crippen molar-refractivity contribution in [2.24, 2.45) is 5.92 Å². The van der Waals surface area contributed by atoms with Crippen LogP contribution >= 0.6 is 0 Å². The van der Waals surface area contributed by atoms with Crippen LogP contribution in [0.4, 0.5) is 0 Å². The van der Waals surface area contributed by atoms with Crippen LogP contribution in [0.5, 0.6) is 11.5 Å². The number of hydrogen-bond acceptors (Lipinski definition) is 3. The molecule has 4 rings (SSSR count). The lowest BCUT2D eigenvalue weighted by Crippen LogP contribution is -2.33. The molecule has 0 radical (unpaired) electrons. The molecule has 0 amide bonds. The highest BCUT2D eigenvalue weighted by Crippen LogP contribution is 2.44. The van der Waals surface area contributed by atoms with Crippen LogP contribution in [0.3, 0.4) is 0 Å². The number of aliphatic hydroxyl groups excluding tert-OH is 1. The molecular formula is C29H30O3. The van der Waals surface area contributed by atoms with Gasteiger partial charge in [0.05, 0.1) is 0 Å². The Morgan fingerprint density at radius 3 is 1.47 bits per heavy atom. The second-order valence-corrected chi connectivity index (χ2v) is 9.33. The SMILES string of the molecule is CC(C)(c1ccc(O)cc1)c1ccc(C(C)(c2ccc(O)cc2)C2C=CC(O)=CC2)cc1.